The fraction of sp³-hybridized carbons (Fsp3) is 0.652. The Morgan fingerprint density at radius 3 is 0.861 bits per heavy atom. The van der Waals surface area contributed by atoms with Crippen LogP contribution in [0.5, 0.6) is 0 Å². The van der Waals surface area contributed by atoms with Crippen molar-refractivity contribution < 1.29 is 28.6 Å². The summed E-state index contributed by atoms with van der Waals surface area (Å²) in [5.41, 5.74) is 0. The van der Waals surface area contributed by atoms with Crippen LogP contribution in [0.25, 0.3) is 0 Å². The monoisotopic (exact) mass is 997 g/mol. The van der Waals surface area contributed by atoms with Crippen molar-refractivity contribution in [3.05, 3.63) is 122 Å². The molecule has 0 spiro atoms. The van der Waals surface area contributed by atoms with Gasteiger partial charge in [-0.15, -0.1) is 0 Å². The van der Waals surface area contributed by atoms with Crippen molar-refractivity contribution in [2.24, 2.45) is 0 Å². The van der Waals surface area contributed by atoms with Crippen LogP contribution in [0.3, 0.4) is 0 Å². The largest absolute Gasteiger partial charge is 0.462 e. The van der Waals surface area contributed by atoms with Crippen LogP contribution >= 0.6 is 0 Å². The van der Waals surface area contributed by atoms with E-state index in [0.29, 0.717) is 19.3 Å². The van der Waals surface area contributed by atoms with Gasteiger partial charge in [-0.25, -0.2) is 0 Å². The van der Waals surface area contributed by atoms with Crippen LogP contribution in [0.2, 0.25) is 0 Å². The maximum Gasteiger partial charge on any atom is 0.306 e. The number of hydrogen-bond acceptors (Lipinski definition) is 6. The SMILES string of the molecule is CC/C=C\C/C=C\C/C=C\C/C=C\C/C=C\CCCCCCCC(=O)OC(COC(=O)CCCCCCC/C=C\CCC)COC(=O)CCCCCCCCCCCC/C=C\C/C=C\C/C=C\C/C=C\CC. The first-order chi connectivity index (χ1) is 35.5. The lowest BCUT2D eigenvalue weighted by atomic mass is 10.1. The van der Waals surface area contributed by atoms with E-state index < -0.39 is 6.10 Å². The number of carbonyl (C=O) groups is 3. The lowest BCUT2D eigenvalue weighted by Crippen LogP contribution is -2.30. The summed E-state index contributed by atoms with van der Waals surface area (Å²) < 4.78 is 16.8. The van der Waals surface area contributed by atoms with Gasteiger partial charge in [-0.05, 0) is 122 Å². The van der Waals surface area contributed by atoms with Gasteiger partial charge in [0.15, 0.2) is 6.10 Å². The van der Waals surface area contributed by atoms with E-state index in [1.165, 1.54) is 64.2 Å². The summed E-state index contributed by atoms with van der Waals surface area (Å²) >= 11 is 0. The molecule has 0 aromatic carbocycles. The Balaban J connectivity index is 4.35. The molecule has 0 aliphatic carbocycles. The molecule has 1 unspecified atom stereocenters. The molecule has 0 aromatic heterocycles. The first-order valence-corrected chi connectivity index (χ1v) is 29.5. The summed E-state index contributed by atoms with van der Waals surface area (Å²) in [6.07, 6.45) is 82.0. The van der Waals surface area contributed by atoms with E-state index in [0.717, 1.165) is 154 Å². The van der Waals surface area contributed by atoms with Gasteiger partial charge < -0.3 is 14.2 Å². The van der Waals surface area contributed by atoms with Gasteiger partial charge in [-0.3, -0.25) is 14.4 Å². The second kappa shape index (κ2) is 59.4. The third-order valence-corrected chi connectivity index (χ3v) is 12.2. The van der Waals surface area contributed by atoms with Crippen LogP contribution in [0, 0.1) is 0 Å². The molecule has 0 saturated carbocycles. The van der Waals surface area contributed by atoms with Crippen LogP contribution in [0.4, 0.5) is 0 Å². The fourth-order valence-corrected chi connectivity index (χ4v) is 7.82. The summed E-state index contributed by atoms with van der Waals surface area (Å²) in [6, 6.07) is 0. The molecule has 0 aliphatic rings. The summed E-state index contributed by atoms with van der Waals surface area (Å²) in [4.78, 5) is 38.1. The molecular formula is C66H108O6. The van der Waals surface area contributed by atoms with E-state index >= 15 is 0 Å². The highest BCUT2D eigenvalue weighted by atomic mass is 16.6. The molecule has 0 aromatic rings. The van der Waals surface area contributed by atoms with Crippen LogP contribution < -0.4 is 0 Å². The first-order valence-electron chi connectivity index (χ1n) is 29.5. The zero-order valence-electron chi connectivity index (χ0n) is 46.7. The molecule has 1 atom stereocenters. The predicted octanol–water partition coefficient (Wildman–Crippen LogP) is 20.0. The molecule has 0 saturated heterocycles. The zero-order valence-corrected chi connectivity index (χ0v) is 46.7. The smallest absolute Gasteiger partial charge is 0.306 e. The molecule has 0 N–H and O–H groups in total. The highest BCUT2D eigenvalue weighted by Gasteiger charge is 2.19. The Morgan fingerprint density at radius 2 is 0.542 bits per heavy atom. The normalized spacial score (nSPS) is 13.0. The van der Waals surface area contributed by atoms with Gasteiger partial charge in [0.25, 0.3) is 0 Å². The summed E-state index contributed by atoms with van der Waals surface area (Å²) in [5, 5.41) is 0. The molecule has 0 fully saturated rings. The topological polar surface area (TPSA) is 78.9 Å². The average molecular weight is 998 g/mol. The lowest BCUT2D eigenvalue weighted by molar-refractivity contribution is -0.167. The highest BCUT2D eigenvalue weighted by Crippen LogP contribution is 2.15. The fourth-order valence-electron chi connectivity index (χ4n) is 7.82. The molecule has 0 heterocycles. The van der Waals surface area contributed by atoms with Gasteiger partial charge in [-0.2, -0.15) is 0 Å². The van der Waals surface area contributed by atoms with Gasteiger partial charge in [0, 0.05) is 19.3 Å². The van der Waals surface area contributed by atoms with Crippen LogP contribution in [0.15, 0.2) is 122 Å². The van der Waals surface area contributed by atoms with Gasteiger partial charge in [0.1, 0.15) is 13.2 Å². The van der Waals surface area contributed by atoms with E-state index in [4.69, 9.17) is 14.2 Å². The molecule has 6 nitrogen and oxygen atoms in total. The van der Waals surface area contributed by atoms with Crippen LogP contribution in [-0.2, 0) is 28.6 Å². The van der Waals surface area contributed by atoms with E-state index in [2.05, 4.69) is 142 Å². The minimum absolute atomic E-state index is 0.0935. The number of rotatable bonds is 52. The van der Waals surface area contributed by atoms with Crippen molar-refractivity contribution in [2.75, 3.05) is 13.2 Å². The van der Waals surface area contributed by atoms with Crippen molar-refractivity contribution in [1.82, 2.24) is 0 Å². The van der Waals surface area contributed by atoms with E-state index in [-0.39, 0.29) is 31.1 Å². The second-order valence-corrected chi connectivity index (χ2v) is 19.1. The molecule has 72 heavy (non-hydrogen) atoms. The van der Waals surface area contributed by atoms with Gasteiger partial charge in [0.05, 0.1) is 0 Å². The van der Waals surface area contributed by atoms with Crippen LogP contribution in [0.1, 0.15) is 258 Å². The average Bonchev–Trinajstić information content (AvgIpc) is 3.38. The highest BCUT2D eigenvalue weighted by molar-refractivity contribution is 5.71. The summed E-state index contributed by atoms with van der Waals surface area (Å²) in [5.74, 6) is -0.928. The molecule has 0 bridgehead atoms. The van der Waals surface area contributed by atoms with Crippen LogP contribution in [-0.4, -0.2) is 37.2 Å². The Labute approximate surface area is 443 Å². The second-order valence-electron chi connectivity index (χ2n) is 19.1. The van der Waals surface area contributed by atoms with E-state index in [1.807, 2.05) is 0 Å². The van der Waals surface area contributed by atoms with Gasteiger partial charge in [-0.1, -0.05) is 239 Å². The molecule has 6 heteroatoms. The molecule has 408 valence electrons. The standard InChI is InChI=1S/C66H108O6/c1-4-7-10-13-16-19-22-24-26-28-30-32-33-35-36-38-40-42-44-47-50-53-56-59-65(68)71-62-63(61-70-64(67)58-55-52-49-46-21-18-15-12-9-6-3)72-66(69)60-57-54-51-48-45-43-41-39-37-34-31-29-27-25-23-20-17-14-11-8-5-2/h7-8,10-12,15-17,19-20,24-27,30-32,34,39,41,63H,4-6,9,13-14,18,21-23,28-29,33,35-38,40,42-62H2,1-3H3/b10-7-,11-8-,15-12-,19-16-,20-17-,26-24-,27-25-,32-30-,34-31-,41-39-. The third-order valence-electron chi connectivity index (χ3n) is 12.2. The van der Waals surface area contributed by atoms with Gasteiger partial charge in [0.2, 0.25) is 0 Å². The molecule has 0 radical (unpaired) electrons. The van der Waals surface area contributed by atoms with Crippen molar-refractivity contribution in [3.8, 4) is 0 Å². The Hall–Kier alpha value is -4.19. The minimum atomic E-state index is -0.797. The zero-order chi connectivity index (χ0) is 52.2. The van der Waals surface area contributed by atoms with Crippen molar-refractivity contribution in [2.45, 2.75) is 264 Å². The lowest BCUT2D eigenvalue weighted by Gasteiger charge is -2.18. The van der Waals surface area contributed by atoms with Crippen molar-refractivity contribution in [3.63, 3.8) is 0 Å². The van der Waals surface area contributed by atoms with Crippen molar-refractivity contribution >= 4 is 17.9 Å². The van der Waals surface area contributed by atoms with Gasteiger partial charge >= 0.3 is 17.9 Å². The Bertz CT molecular complexity index is 1520. The Kier molecular flexibility index (Phi) is 55.9. The maximum atomic E-state index is 12.9. The number of allylic oxidation sites excluding steroid dienone is 20. The minimum Gasteiger partial charge on any atom is -0.462 e. The van der Waals surface area contributed by atoms with E-state index in [9.17, 15) is 14.4 Å². The Morgan fingerprint density at radius 1 is 0.292 bits per heavy atom. The number of unbranched alkanes of at least 4 members (excludes halogenated alkanes) is 21. The summed E-state index contributed by atoms with van der Waals surface area (Å²) in [6.45, 7) is 6.33. The summed E-state index contributed by atoms with van der Waals surface area (Å²) in [7, 11) is 0. The molecule has 0 amide bonds. The first kappa shape index (κ1) is 67.8. The molecular weight excluding hydrogens is 889 g/mol. The third kappa shape index (κ3) is 56.7. The maximum absolute atomic E-state index is 12.9. The number of ether oxygens (including phenoxy) is 3. The molecule has 0 aliphatic heterocycles. The number of hydrogen-bond donors (Lipinski definition) is 0. The number of carbonyl (C=O) groups excluding carboxylic acids is 3. The number of esters is 3. The van der Waals surface area contributed by atoms with Crippen molar-refractivity contribution in [1.29, 1.82) is 0 Å². The molecule has 0 rings (SSSR count). The quantitative estimate of drug-likeness (QED) is 0.0261. The van der Waals surface area contributed by atoms with E-state index in [1.54, 1.807) is 0 Å². The predicted molar refractivity (Wildman–Crippen MR) is 311 cm³/mol.